The predicted molar refractivity (Wildman–Crippen MR) is 110 cm³/mol. The Bertz CT molecular complexity index is 826. The highest BCUT2D eigenvalue weighted by molar-refractivity contribution is 5.93. The number of hydrogen-bond acceptors (Lipinski definition) is 3. The molecule has 2 amide bonds. The van der Waals surface area contributed by atoms with E-state index in [1.54, 1.807) is 11.8 Å². The number of carbonyl (C=O) groups excluding carboxylic acids is 2. The lowest BCUT2D eigenvalue weighted by Crippen LogP contribution is -2.41. The lowest BCUT2D eigenvalue weighted by Gasteiger charge is -2.20. The molecule has 5 nitrogen and oxygen atoms in total. The Kier molecular flexibility index (Phi) is 8.86. The van der Waals surface area contributed by atoms with Crippen LogP contribution < -0.4 is 10.6 Å². The van der Waals surface area contributed by atoms with Crippen LogP contribution in [0.4, 0.5) is 18.9 Å². The first kappa shape index (κ1) is 23.4. The Morgan fingerprint density at radius 2 is 1.57 bits per heavy atom. The Balaban J connectivity index is 1.78. The minimum absolute atomic E-state index is 0.00379. The zero-order valence-corrected chi connectivity index (χ0v) is 16.8. The quantitative estimate of drug-likeness (QED) is 0.575. The van der Waals surface area contributed by atoms with Crippen molar-refractivity contribution in [3.63, 3.8) is 0 Å². The van der Waals surface area contributed by atoms with E-state index >= 15 is 0 Å². The average molecular weight is 421 g/mol. The van der Waals surface area contributed by atoms with E-state index in [9.17, 15) is 22.8 Å². The molecule has 0 radical (unpaired) electrons. The van der Waals surface area contributed by atoms with Crippen LogP contribution in [0.3, 0.4) is 0 Å². The van der Waals surface area contributed by atoms with Crippen molar-refractivity contribution in [1.82, 2.24) is 10.2 Å². The van der Waals surface area contributed by atoms with Crippen LogP contribution in [-0.4, -0.2) is 42.9 Å². The van der Waals surface area contributed by atoms with Crippen LogP contribution in [0.25, 0.3) is 0 Å². The van der Waals surface area contributed by atoms with Crippen molar-refractivity contribution < 1.29 is 22.8 Å². The van der Waals surface area contributed by atoms with E-state index in [0.29, 0.717) is 13.1 Å². The largest absolute Gasteiger partial charge is 0.418 e. The molecule has 30 heavy (non-hydrogen) atoms. The van der Waals surface area contributed by atoms with Crippen molar-refractivity contribution in [1.29, 1.82) is 0 Å². The summed E-state index contributed by atoms with van der Waals surface area (Å²) < 4.78 is 39.1. The van der Waals surface area contributed by atoms with Gasteiger partial charge in [-0.3, -0.25) is 14.5 Å². The highest BCUT2D eigenvalue weighted by Crippen LogP contribution is 2.34. The van der Waals surface area contributed by atoms with Gasteiger partial charge in [-0.05, 0) is 37.1 Å². The van der Waals surface area contributed by atoms with E-state index < -0.39 is 17.6 Å². The van der Waals surface area contributed by atoms with Crippen molar-refractivity contribution in [2.75, 3.05) is 31.5 Å². The minimum Gasteiger partial charge on any atom is -0.355 e. The summed E-state index contributed by atoms with van der Waals surface area (Å²) in [4.78, 5) is 25.9. The number of alkyl halides is 3. The molecular weight excluding hydrogens is 395 g/mol. The maximum Gasteiger partial charge on any atom is 0.418 e. The van der Waals surface area contributed by atoms with Crippen molar-refractivity contribution in [3.05, 3.63) is 65.7 Å². The second kappa shape index (κ2) is 11.3. The van der Waals surface area contributed by atoms with Crippen LogP contribution in [0.5, 0.6) is 0 Å². The third-order valence-corrected chi connectivity index (χ3v) is 4.50. The van der Waals surface area contributed by atoms with Crippen LogP contribution in [0, 0.1) is 0 Å². The molecule has 0 heterocycles. The van der Waals surface area contributed by atoms with E-state index in [0.717, 1.165) is 18.9 Å². The molecule has 2 N–H and O–H groups in total. The maximum atomic E-state index is 13.0. The molecule has 2 aromatic carbocycles. The van der Waals surface area contributed by atoms with Gasteiger partial charge in [0.15, 0.2) is 0 Å². The number of hydrogen-bond donors (Lipinski definition) is 2. The Hall–Kier alpha value is -2.87. The molecule has 0 saturated heterocycles. The van der Waals surface area contributed by atoms with Crippen LogP contribution in [-0.2, 0) is 22.2 Å². The number of amides is 2. The number of anilines is 1. The van der Waals surface area contributed by atoms with E-state index in [1.807, 2.05) is 30.3 Å². The lowest BCUT2D eigenvalue weighted by atomic mass is 10.1. The van der Waals surface area contributed by atoms with Gasteiger partial charge in [-0.15, -0.1) is 0 Å². The van der Waals surface area contributed by atoms with Gasteiger partial charge in [-0.25, -0.2) is 0 Å². The second-order valence-corrected chi connectivity index (χ2v) is 6.83. The molecule has 0 aliphatic heterocycles. The van der Waals surface area contributed by atoms with E-state index in [4.69, 9.17) is 0 Å². The molecule has 162 valence electrons. The van der Waals surface area contributed by atoms with Gasteiger partial charge in [-0.1, -0.05) is 49.4 Å². The monoisotopic (exact) mass is 421 g/mol. The summed E-state index contributed by atoms with van der Waals surface area (Å²) in [6.07, 6.45) is -2.93. The molecule has 0 atom stereocenters. The highest BCUT2D eigenvalue weighted by Gasteiger charge is 2.33. The number of aryl methyl sites for hydroxylation is 1. The Morgan fingerprint density at radius 1 is 0.933 bits per heavy atom. The van der Waals surface area contributed by atoms with E-state index in [2.05, 4.69) is 10.6 Å². The minimum atomic E-state index is -4.56. The summed E-state index contributed by atoms with van der Waals surface area (Å²) in [5.74, 6) is -0.834. The maximum absolute atomic E-state index is 13.0. The SMILES string of the molecule is CCN(CC(=O)NCCCc1ccccc1)CC(=O)Nc1ccccc1C(F)(F)F. The smallest absolute Gasteiger partial charge is 0.355 e. The highest BCUT2D eigenvalue weighted by atomic mass is 19.4. The first-order valence-electron chi connectivity index (χ1n) is 9.78. The molecule has 0 spiro atoms. The molecule has 0 aliphatic carbocycles. The molecule has 8 heteroatoms. The van der Waals surface area contributed by atoms with Crippen LogP contribution >= 0.6 is 0 Å². The summed E-state index contributed by atoms with van der Waals surface area (Å²) in [6.45, 7) is 2.51. The lowest BCUT2D eigenvalue weighted by molar-refractivity contribution is -0.137. The zero-order valence-electron chi connectivity index (χ0n) is 16.8. The number of para-hydroxylation sites is 1. The zero-order chi connectivity index (χ0) is 22.0. The fourth-order valence-electron chi connectivity index (χ4n) is 2.94. The third-order valence-electron chi connectivity index (χ3n) is 4.50. The fourth-order valence-corrected chi connectivity index (χ4v) is 2.94. The second-order valence-electron chi connectivity index (χ2n) is 6.83. The number of nitrogens with one attached hydrogen (secondary N) is 2. The number of halogens is 3. The van der Waals surface area contributed by atoms with Gasteiger partial charge in [0.05, 0.1) is 24.3 Å². The first-order chi connectivity index (χ1) is 14.3. The van der Waals surface area contributed by atoms with Gasteiger partial charge < -0.3 is 10.6 Å². The topological polar surface area (TPSA) is 61.4 Å². The normalized spacial score (nSPS) is 11.4. The van der Waals surface area contributed by atoms with Gasteiger partial charge in [0, 0.05) is 6.54 Å². The molecule has 2 aromatic rings. The Morgan fingerprint density at radius 3 is 2.23 bits per heavy atom. The van der Waals surface area contributed by atoms with Gasteiger partial charge >= 0.3 is 6.18 Å². The third kappa shape index (κ3) is 7.87. The van der Waals surface area contributed by atoms with Gasteiger partial charge in [0.25, 0.3) is 0 Å². The van der Waals surface area contributed by atoms with Gasteiger partial charge in [0.1, 0.15) is 0 Å². The van der Waals surface area contributed by atoms with Crippen LogP contribution in [0.1, 0.15) is 24.5 Å². The van der Waals surface area contributed by atoms with Crippen LogP contribution in [0.15, 0.2) is 54.6 Å². The summed E-state index contributed by atoms with van der Waals surface area (Å²) in [5.41, 5.74) is -0.00767. The van der Waals surface area contributed by atoms with Crippen molar-refractivity contribution in [2.45, 2.75) is 25.9 Å². The first-order valence-corrected chi connectivity index (χ1v) is 9.78. The summed E-state index contributed by atoms with van der Waals surface area (Å²) >= 11 is 0. The van der Waals surface area contributed by atoms with E-state index in [1.165, 1.54) is 23.8 Å². The van der Waals surface area contributed by atoms with Crippen LogP contribution in [0.2, 0.25) is 0 Å². The van der Waals surface area contributed by atoms with E-state index in [-0.39, 0.29) is 24.7 Å². The molecular formula is C22H26F3N3O2. The molecule has 0 saturated carbocycles. The van der Waals surface area contributed by atoms with Crippen molar-refractivity contribution in [2.24, 2.45) is 0 Å². The fraction of sp³-hybridized carbons (Fsp3) is 0.364. The van der Waals surface area contributed by atoms with Crippen molar-refractivity contribution >= 4 is 17.5 Å². The number of nitrogens with zero attached hydrogens (tertiary/aromatic N) is 1. The summed E-state index contributed by atoms with van der Waals surface area (Å²) in [6, 6.07) is 14.7. The predicted octanol–water partition coefficient (Wildman–Crippen LogP) is 3.71. The number of carbonyl (C=O) groups is 2. The number of rotatable bonds is 10. The number of benzene rings is 2. The summed E-state index contributed by atoms with van der Waals surface area (Å²) in [7, 11) is 0. The molecule has 2 rings (SSSR count). The molecule has 0 aromatic heterocycles. The Labute approximate surface area is 174 Å². The standard InChI is InChI=1S/C22H26F3N3O2/c1-2-28(15-20(29)26-14-8-11-17-9-4-3-5-10-17)16-21(30)27-19-13-7-6-12-18(19)22(23,24)25/h3-7,9-10,12-13H,2,8,11,14-16H2,1H3,(H,26,29)(H,27,30). The summed E-state index contributed by atoms with van der Waals surface area (Å²) in [5, 5.41) is 5.10. The van der Waals surface area contributed by atoms with Gasteiger partial charge in [0.2, 0.25) is 11.8 Å². The van der Waals surface area contributed by atoms with Gasteiger partial charge in [-0.2, -0.15) is 13.2 Å². The molecule has 0 unspecified atom stereocenters. The molecule has 0 bridgehead atoms. The van der Waals surface area contributed by atoms with Crippen molar-refractivity contribution in [3.8, 4) is 0 Å². The molecule has 0 fully saturated rings. The average Bonchev–Trinajstić information content (AvgIpc) is 2.71. The molecule has 0 aliphatic rings. The number of likely N-dealkylation sites (N-methyl/N-ethyl adjacent to an activating group) is 1.